The Hall–Kier alpha value is -2.00. The summed E-state index contributed by atoms with van der Waals surface area (Å²) in [4.78, 5) is 0. The smallest absolute Gasteiger partial charge is 0.121 e. The maximum Gasteiger partial charge on any atom is 0.121 e. The average molecular weight is 228 g/mol. The molecule has 17 heavy (non-hydrogen) atoms. The second kappa shape index (κ2) is 4.11. The Balaban J connectivity index is 2.55. The Morgan fingerprint density at radius 1 is 1.06 bits per heavy atom. The maximum atomic E-state index is 9.90. The monoisotopic (exact) mass is 228 g/mol. The summed E-state index contributed by atoms with van der Waals surface area (Å²) in [6, 6.07) is 14.6. The highest BCUT2D eigenvalue weighted by atomic mass is 16.3. The Morgan fingerprint density at radius 3 is 2.35 bits per heavy atom. The van der Waals surface area contributed by atoms with E-state index in [9.17, 15) is 5.11 Å². The van der Waals surface area contributed by atoms with E-state index in [4.69, 9.17) is 11.5 Å². The van der Waals surface area contributed by atoms with Gasteiger partial charge < -0.3 is 16.6 Å². The molecule has 0 aliphatic rings. The zero-order valence-electron chi connectivity index (χ0n) is 9.72. The molecule has 1 atom stereocenters. The quantitative estimate of drug-likeness (QED) is 0.545. The van der Waals surface area contributed by atoms with Crippen molar-refractivity contribution in [1.82, 2.24) is 0 Å². The molecule has 0 amide bonds. The molecule has 1 unspecified atom stereocenters. The number of aromatic hydroxyl groups is 1. The summed E-state index contributed by atoms with van der Waals surface area (Å²) in [5.74, 6) is 0.160. The second-order valence-electron chi connectivity index (χ2n) is 4.34. The van der Waals surface area contributed by atoms with Gasteiger partial charge in [0.15, 0.2) is 0 Å². The number of phenols is 1. The van der Waals surface area contributed by atoms with E-state index in [1.54, 1.807) is 18.2 Å². The highest BCUT2D eigenvalue weighted by Gasteiger charge is 2.26. The van der Waals surface area contributed by atoms with Gasteiger partial charge in [-0.15, -0.1) is 0 Å². The third kappa shape index (κ3) is 2.10. The Labute approximate surface area is 101 Å². The Morgan fingerprint density at radius 2 is 1.71 bits per heavy atom. The van der Waals surface area contributed by atoms with Crippen molar-refractivity contribution in [3.63, 3.8) is 0 Å². The van der Waals surface area contributed by atoms with E-state index >= 15 is 0 Å². The van der Waals surface area contributed by atoms with Gasteiger partial charge in [-0.2, -0.15) is 0 Å². The van der Waals surface area contributed by atoms with Gasteiger partial charge in [0.2, 0.25) is 0 Å². The molecule has 0 saturated carbocycles. The Bertz CT molecular complexity index is 521. The van der Waals surface area contributed by atoms with Gasteiger partial charge in [-0.1, -0.05) is 30.3 Å². The maximum absolute atomic E-state index is 9.90. The molecule has 3 heteroatoms. The van der Waals surface area contributed by atoms with Crippen LogP contribution in [0.25, 0.3) is 0 Å². The molecule has 2 rings (SSSR count). The summed E-state index contributed by atoms with van der Waals surface area (Å²) in [6.07, 6.45) is 0. The van der Waals surface area contributed by atoms with Gasteiger partial charge in [-0.05, 0) is 30.7 Å². The minimum Gasteiger partial charge on any atom is -0.508 e. The summed E-state index contributed by atoms with van der Waals surface area (Å²) in [5, 5.41) is 9.90. The molecule has 5 N–H and O–H groups in total. The number of rotatable bonds is 2. The molecule has 0 saturated heterocycles. The topological polar surface area (TPSA) is 72.3 Å². The van der Waals surface area contributed by atoms with Crippen LogP contribution < -0.4 is 11.5 Å². The number of phenolic OH excluding ortho intramolecular Hbond substituents is 1. The summed E-state index contributed by atoms with van der Waals surface area (Å²) in [6.45, 7) is 1.86. The number of hydrogen-bond donors (Lipinski definition) is 3. The molecular weight excluding hydrogens is 212 g/mol. The molecule has 2 aromatic carbocycles. The van der Waals surface area contributed by atoms with E-state index in [0.29, 0.717) is 11.3 Å². The minimum absolute atomic E-state index is 0.160. The van der Waals surface area contributed by atoms with Crippen molar-refractivity contribution in [2.45, 2.75) is 12.5 Å². The van der Waals surface area contributed by atoms with Crippen LogP contribution in [0, 0.1) is 0 Å². The van der Waals surface area contributed by atoms with Gasteiger partial charge in [-0.3, -0.25) is 0 Å². The molecule has 0 aliphatic heterocycles. The van der Waals surface area contributed by atoms with Crippen molar-refractivity contribution >= 4 is 5.69 Å². The lowest BCUT2D eigenvalue weighted by molar-refractivity contribution is 0.449. The fourth-order valence-electron chi connectivity index (χ4n) is 1.91. The highest BCUT2D eigenvalue weighted by Crippen LogP contribution is 2.33. The SMILES string of the molecule is CC(N)(c1ccccc1)c1cc(N)ccc1O. The van der Waals surface area contributed by atoms with Gasteiger partial charge in [0, 0.05) is 11.3 Å². The first kappa shape index (κ1) is 11.5. The third-order valence-corrected chi connectivity index (χ3v) is 2.95. The van der Waals surface area contributed by atoms with Crippen LogP contribution in [0.5, 0.6) is 5.75 Å². The zero-order valence-corrected chi connectivity index (χ0v) is 9.72. The number of hydrogen-bond acceptors (Lipinski definition) is 3. The first-order valence-electron chi connectivity index (χ1n) is 5.45. The van der Waals surface area contributed by atoms with Crippen LogP contribution in [-0.4, -0.2) is 5.11 Å². The molecule has 0 spiro atoms. The van der Waals surface area contributed by atoms with E-state index in [0.717, 1.165) is 5.56 Å². The number of benzene rings is 2. The molecule has 0 bridgehead atoms. The average Bonchev–Trinajstić information content (AvgIpc) is 2.33. The number of anilines is 1. The number of nitrogen functional groups attached to an aromatic ring is 1. The van der Waals surface area contributed by atoms with E-state index in [1.807, 2.05) is 37.3 Å². The van der Waals surface area contributed by atoms with E-state index in [1.165, 1.54) is 0 Å². The molecular formula is C14H16N2O. The summed E-state index contributed by atoms with van der Waals surface area (Å²) >= 11 is 0. The van der Waals surface area contributed by atoms with Gasteiger partial charge in [0.05, 0.1) is 5.54 Å². The molecule has 0 heterocycles. The summed E-state index contributed by atoms with van der Waals surface area (Å²) in [5.41, 5.74) is 13.4. The predicted octanol–water partition coefficient (Wildman–Crippen LogP) is 2.20. The van der Waals surface area contributed by atoms with Gasteiger partial charge in [0.25, 0.3) is 0 Å². The van der Waals surface area contributed by atoms with Crippen LogP contribution in [-0.2, 0) is 5.54 Å². The summed E-state index contributed by atoms with van der Waals surface area (Å²) < 4.78 is 0. The van der Waals surface area contributed by atoms with Crippen LogP contribution in [0.1, 0.15) is 18.1 Å². The minimum atomic E-state index is -0.763. The lowest BCUT2D eigenvalue weighted by atomic mass is 9.85. The van der Waals surface area contributed by atoms with Crippen LogP contribution in [0.4, 0.5) is 5.69 Å². The molecule has 0 aliphatic carbocycles. The zero-order chi connectivity index (χ0) is 12.5. The van der Waals surface area contributed by atoms with Crippen molar-refractivity contribution in [2.75, 3.05) is 5.73 Å². The number of nitrogens with two attached hydrogens (primary N) is 2. The lowest BCUT2D eigenvalue weighted by Crippen LogP contribution is -2.34. The molecule has 2 aromatic rings. The van der Waals surface area contributed by atoms with Crippen LogP contribution in [0.2, 0.25) is 0 Å². The molecule has 3 nitrogen and oxygen atoms in total. The highest BCUT2D eigenvalue weighted by molar-refractivity contribution is 5.53. The van der Waals surface area contributed by atoms with Gasteiger partial charge in [0.1, 0.15) is 5.75 Å². The largest absolute Gasteiger partial charge is 0.508 e. The first-order chi connectivity index (χ1) is 8.01. The standard InChI is InChI=1S/C14H16N2O/c1-14(16,10-5-3-2-4-6-10)12-9-11(15)7-8-13(12)17/h2-9,17H,15-16H2,1H3. The van der Waals surface area contributed by atoms with Crippen LogP contribution in [0.3, 0.4) is 0 Å². The van der Waals surface area contributed by atoms with Crippen LogP contribution in [0.15, 0.2) is 48.5 Å². The van der Waals surface area contributed by atoms with Crippen molar-refractivity contribution in [1.29, 1.82) is 0 Å². The molecule has 0 radical (unpaired) electrons. The van der Waals surface area contributed by atoms with Gasteiger partial charge in [-0.25, -0.2) is 0 Å². The summed E-state index contributed by atoms with van der Waals surface area (Å²) in [7, 11) is 0. The van der Waals surface area contributed by atoms with Crippen molar-refractivity contribution < 1.29 is 5.11 Å². The van der Waals surface area contributed by atoms with E-state index in [-0.39, 0.29) is 5.75 Å². The lowest BCUT2D eigenvalue weighted by Gasteiger charge is -2.27. The fraction of sp³-hybridized carbons (Fsp3) is 0.143. The van der Waals surface area contributed by atoms with E-state index < -0.39 is 5.54 Å². The van der Waals surface area contributed by atoms with Gasteiger partial charge >= 0.3 is 0 Å². The second-order valence-corrected chi connectivity index (χ2v) is 4.34. The van der Waals surface area contributed by atoms with Crippen LogP contribution >= 0.6 is 0 Å². The normalized spacial score (nSPS) is 14.2. The molecule has 88 valence electrons. The molecule has 0 fully saturated rings. The Kier molecular flexibility index (Phi) is 2.77. The molecule has 0 aromatic heterocycles. The van der Waals surface area contributed by atoms with Crippen molar-refractivity contribution in [2.24, 2.45) is 5.73 Å². The first-order valence-corrected chi connectivity index (χ1v) is 5.45. The van der Waals surface area contributed by atoms with Crippen molar-refractivity contribution in [3.8, 4) is 5.75 Å². The predicted molar refractivity (Wildman–Crippen MR) is 69.6 cm³/mol. The van der Waals surface area contributed by atoms with E-state index in [2.05, 4.69) is 0 Å². The van der Waals surface area contributed by atoms with Crippen molar-refractivity contribution in [3.05, 3.63) is 59.7 Å². The third-order valence-electron chi connectivity index (χ3n) is 2.95. The fourth-order valence-corrected chi connectivity index (χ4v) is 1.91.